The second kappa shape index (κ2) is 9.42. The molecule has 1 aromatic heterocycles. The molecule has 0 aliphatic rings. The first-order valence-corrected chi connectivity index (χ1v) is 7.42. The van der Waals surface area contributed by atoms with E-state index in [0.717, 1.165) is 17.2 Å². The van der Waals surface area contributed by atoms with Gasteiger partial charge >= 0.3 is 0 Å². The van der Waals surface area contributed by atoms with Crippen LogP contribution in [0.3, 0.4) is 0 Å². The zero-order valence-corrected chi connectivity index (χ0v) is 13.1. The Bertz CT molecular complexity index is 588. The molecule has 2 N–H and O–H groups in total. The lowest BCUT2D eigenvalue weighted by Gasteiger charge is -2.09. The Hall–Kier alpha value is -2.60. The van der Waals surface area contributed by atoms with E-state index in [0.29, 0.717) is 19.7 Å². The average molecular weight is 315 g/mol. The molecule has 0 saturated carbocycles. The maximum Gasteiger partial charge on any atom is 0.234 e. The Kier molecular flexibility index (Phi) is 6.87. The molecule has 0 saturated heterocycles. The van der Waals surface area contributed by atoms with Crippen molar-refractivity contribution in [3.05, 3.63) is 54.4 Å². The number of carbonyl (C=O) groups excluding carboxylic acids is 1. The highest BCUT2D eigenvalue weighted by atomic mass is 16.5. The summed E-state index contributed by atoms with van der Waals surface area (Å²) in [6, 6.07) is 13.0. The minimum atomic E-state index is -0.0701. The third-order valence-corrected chi connectivity index (χ3v) is 3.07. The van der Waals surface area contributed by atoms with Crippen LogP contribution in [-0.2, 0) is 11.3 Å². The molecule has 0 atom stereocenters. The zero-order valence-electron chi connectivity index (χ0n) is 13.1. The van der Waals surface area contributed by atoms with Crippen molar-refractivity contribution in [2.24, 2.45) is 0 Å². The molecule has 0 fully saturated rings. The predicted molar refractivity (Wildman–Crippen MR) is 87.4 cm³/mol. The molecule has 2 rings (SSSR count). The van der Waals surface area contributed by atoms with Crippen molar-refractivity contribution in [1.82, 2.24) is 15.6 Å². The third kappa shape index (κ3) is 6.36. The van der Waals surface area contributed by atoms with Crippen LogP contribution in [0.2, 0.25) is 0 Å². The third-order valence-electron chi connectivity index (χ3n) is 3.07. The first-order valence-electron chi connectivity index (χ1n) is 7.42. The van der Waals surface area contributed by atoms with E-state index in [1.165, 1.54) is 0 Å². The van der Waals surface area contributed by atoms with E-state index in [2.05, 4.69) is 15.6 Å². The smallest absolute Gasteiger partial charge is 0.234 e. The lowest BCUT2D eigenvalue weighted by atomic mass is 10.3. The van der Waals surface area contributed by atoms with Gasteiger partial charge in [-0.05, 0) is 36.4 Å². The first kappa shape index (κ1) is 16.8. The average Bonchev–Trinajstić information content (AvgIpc) is 2.60. The van der Waals surface area contributed by atoms with Gasteiger partial charge in [-0.1, -0.05) is 6.07 Å². The molecule has 0 radical (unpaired) electrons. The quantitative estimate of drug-likeness (QED) is 0.684. The molecule has 6 nitrogen and oxygen atoms in total. The molecule has 6 heteroatoms. The van der Waals surface area contributed by atoms with Crippen molar-refractivity contribution in [2.75, 3.05) is 26.8 Å². The van der Waals surface area contributed by atoms with Crippen LogP contribution in [0, 0.1) is 0 Å². The number of benzene rings is 1. The van der Waals surface area contributed by atoms with Gasteiger partial charge in [0.15, 0.2) is 0 Å². The number of aromatic nitrogens is 1. The van der Waals surface area contributed by atoms with Gasteiger partial charge in [-0.15, -0.1) is 0 Å². The van der Waals surface area contributed by atoms with Crippen molar-refractivity contribution in [1.29, 1.82) is 0 Å². The Morgan fingerprint density at radius 1 is 1.13 bits per heavy atom. The summed E-state index contributed by atoms with van der Waals surface area (Å²) >= 11 is 0. The fourth-order valence-corrected chi connectivity index (χ4v) is 1.90. The SMILES string of the molecule is COc1ccc(OCCNC(=O)CNCc2ccccn2)cc1. The number of nitrogens with zero attached hydrogens (tertiary/aromatic N) is 1. The Morgan fingerprint density at radius 2 is 1.91 bits per heavy atom. The Balaban J connectivity index is 1.55. The molecule has 23 heavy (non-hydrogen) atoms. The summed E-state index contributed by atoms with van der Waals surface area (Å²) in [7, 11) is 1.62. The highest BCUT2D eigenvalue weighted by Crippen LogP contribution is 2.16. The maximum absolute atomic E-state index is 11.7. The summed E-state index contributed by atoms with van der Waals surface area (Å²) in [6.07, 6.45) is 1.73. The molecule has 0 spiro atoms. The summed E-state index contributed by atoms with van der Waals surface area (Å²) < 4.78 is 10.6. The fourth-order valence-electron chi connectivity index (χ4n) is 1.90. The van der Waals surface area contributed by atoms with Gasteiger partial charge in [-0.3, -0.25) is 9.78 Å². The molecule has 1 aromatic carbocycles. The molecule has 0 aliphatic heterocycles. The van der Waals surface area contributed by atoms with E-state index in [-0.39, 0.29) is 12.5 Å². The summed E-state index contributed by atoms with van der Waals surface area (Å²) in [5.74, 6) is 1.46. The van der Waals surface area contributed by atoms with Crippen molar-refractivity contribution in [3.8, 4) is 11.5 Å². The number of amides is 1. The first-order chi connectivity index (χ1) is 11.3. The van der Waals surface area contributed by atoms with Crippen LogP contribution in [0.4, 0.5) is 0 Å². The fraction of sp³-hybridized carbons (Fsp3) is 0.294. The number of hydrogen-bond acceptors (Lipinski definition) is 5. The normalized spacial score (nSPS) is 10.1. The van der Waals surface area contributed by atoms with Crippen LogP contribution in [0.5, 0.6) is 11.5 Å². The van der Waals surface area contributed by atoms with Gasteiger partial charge in [0, 0.05) is 12.7 Å². The second-order valence-electron chi connectivity index (χ2n) is 4.80. The van der Waals surface area contributed by atoms with Gasteiger partial charge in [0.05, 0.1) is 25.9 Å². The standard InChI is InChI=1S/C17H21N3O3/c1-22-15-5-7-16(8-6-15)23-11-10-20-17(21)13-18-12-14-4-2-3-9-19-14/h2-9,18H,10-13H2,1H3,(H,20,21). The molecular weight excluding hydrogens is 294 g/mol. The summed E-state index contributed by atoms with van der Waals surface area (Å²) in [5.41, 5.74) is 0.906. The van der Waals surface area contributed by atoms with E-state index in [4.69, 9.17) is 9.47 Å². The monoisotopic (exact) mass is 315 g/mol. The number of methoxy groups -OCH3 is 1. The summed E-state index contributed by atoms with van der Waals surface area (Å²) in [4.78, 5) is 15.8. The Morgan fingerprint density at radius 3 is 2.61 bits per heavy atom. The molecular formula is C17H21N3O3. The topological polar surface area (TPSA) is 72.5 Å². The maximum atomic E-state index is 11.7. The van der Waals surface area contributed by atoms with Crippen LogP contribution in [0.1, 0.15) is 5.69 Å². The predicted octanol–water partition coefficient (Wildman–Crippen LogP) is 1.37. The van der Waals surface area contributed by atoms with E-state index in [1.807, 2.05) is 42.5 Å². The highest BCUT2D eigenvalue weighted by Gasteiger charge is 2.01. The van der Waals surface area contributed by atoms with Crippen molar-refractivity contribution in [3.63, 3.8) is 0 Å². The van der Waals surface area contributed by atoms with Gasteiger partial charge in [-0.2, -0.15) is 0 Å². The van der Waals surface area contributed by atoms with Gasteiger partial charge in [0.2, 0.25) is 5.91 Å². The molecule has 122 valence electrons. The molecule has 0 aliphatic carbocycles. The number of carbonyl (C=O) groups is 1. The largest absolute Gasteiger partial charge is 0.497 e. The molecule has 0 bridgehead atoms. The van der Waals surface area contributed by atoms with Gasteiger partial charge in [0.25, 0.3) is 0 Å². The minimum Gasteiger partial charge on any atom is -0.497 e. The lowest BCUT2D eigenvalue weighted by molar-refractivity contribution is -0.120. The number of nitrogens with one attached hydrogen (secondary N) is 2. The number of hydrogen-bond donors (Lipinski definition) is 2. The highest BCUT2D eigenvalue weighted by molar-refractivity contribution is 5.77. The minimum absolute atomic E-state index is 0.0701. The van der Waals surface area contributed by atoms with E-state index in [1.54, 1.807) is 13.3 Å². The molecule has 1 amide bonds. The summed E-state index contributed by atoms with van der Waals surface area (Å²) in [6.45, 7) is 1.68. The number of pyridine rings is 1. The molecule has 1 heterocycles. The van der Waals surface area contributed by atoms with Crippen LogP contribution in [0.25, 0.3) is 0 Å². The van der Waals surface area contributed by atoms with E-state index in [9.17, 15) is 4.79 Å². The Labute approximate surface area is 135 Å². The second-order valence-corrected chi connectivity index (χ2v) is 4.80. The number of ether oxygens (including phenoxy) is 2. The van der Waals surface area contributed by atoms with Gasteiger partial charge in [0.1, 0.15) is 18.1 Å². The van der Waals surface area contributed by atoms with E-state index >= 15 is 0 Å². The number of rotatable bonds is 9. The van der Waals surface area contributed by atoms with E-state index < -0.39 is 0 Å². The zero-order chi connectivity index (χ0) is 16.3. The molecule has 2 aromatic rings. The van der Waals surface area contributed by atoms with Crippen LogP contribution >= 0.6 is 0 Å². The van der Waals surface area contributed by atoms with Crippen LogP contribution < -0.4 is 20.1 Å². The molecule has 0 unspecified atom stereocenters. The van der Waals surface area contributed by atoms with Crippen LogP contribution in [-0.4, -0.2) is 37.7 Å². The van der Waals surface area contributed by atoms with Crippen molar-refractivity contribution < 1.29 is 14.3 Å². The summed E-state index contributed by atoms with van der Waals surface area (Å²) in [5, 5.41) is 5.83. The van der Waals surface area contributed by atoms with Gasteiger partial charge in [-0.25, -0.2) is 0 Å². The van der Waals surface area contributed by atoms with Crippen molar-refractivity contribution in [2.45, 2.75) is 6.54 Å². The van der Waals surface area contributed by atoms with Crippen molar-refractivity contribution >= 4 is 5.91 Å². The van der Waals surface area contributed by atoms with Crippen LogP contribution in [0.15, 0.2) is 48.7 Å². The van der Waals surface area contributed by atoms with Gasteiger partial charge < -0.3 is 20.1 Å². The lowest BCUT2D eigenvalue weighted by Crippen LogP contribution is -2.35.